The van der Waals surface area contributed by atoms with Crippen LogP contribution in [0.5, 0.6) is 5.75 Å². The smallest absolute Gasteiger partial charge is 0.350 e. The minimum absolute atomic E-state index is 0.00399. The molecule has 1 aliphatic rings. The fourth-order valence-electron chi connectivity index (χ4n) is 4.16. The maximum Gasteiger partial charge on any atom is 0.350 e. The van der Waals surface area contributed by atoms with E-state index in [1.54, 1.807) is 51.1 Å². The fraction of sp³-hybridized carbons (Fsp3) is 0.214. The molecule has 0 bridgehead atoms. The number of thiazole rings is 1. The summed E-state index contributed by atoms with van der Waals surface area (Å²) in [5, 5.41) is 11.3. The van der Waals surface area contributed by atoms with E-state index in [2.05, 4.69) is 11.6 Å². The van der Waals surface area contributed by atoms with Crippen LogP contribution in [0.25, 0.3) is 5.76 Å². The highest BCUT2D eigenvalue weighted by Gasteiger charge is 2.49. The van der Waals surface area contributed by atoms with Crippen molar-refractivity contribution in [2.24, 2.45) is 0 Å². The number of hydrogen-bond donors (Lipinski definition) is 1. The number of Topliss-reactive ketones (excluding diaryl/α,β-unsaturated/α-hetero) is 1. The third-order valence-corrected chi connectivity index (χ3v) is 7.04. The molecule has 0 radical (unpaired) electrons. The second kappa shape index (κ2) is 11.0. The Hall–Kier alpha value is -4.31. The number of rotatable bonds is 8. The molecule has 1 N–H and O–H groups in total. The van der Waals surface area contributed by atoms with E-state index in [-0.39, 0.29) is 39.9 Å². The second-order valence-electron chi connectivity index (χ2n) is 8.40. The molecule has 10 heteroatoms. The first-order chi connectivity index (χ1) is 18.2. The van der Waals surface area contributed by atoms with E-state index in [1.807, 2.05) is 0 Å². The minimum atomic E-state index is -1.33. The number of amides is 1. The fourth-order valence-corrected chi connectivity index (χ4v) is 5.14. The van der Waals surface area contributed by atoms with Gasteiger partial charge in [-0.1, -0.05) is 42.2 Å². The van der Waals surface area contributed by atoms with Crippen LogP contribution in [0.4, 0.5) is 9.52 Å². The Morgan fingerprint density at radius 3 is 2.63 bits per heavy atom. The standard InChI is InChI=1S/C28H25FN2O6S/c1-5-13-37-20-12-11-17(14-15(20)3)23(32)21-22(18-9-7-8-10-19(18)29)31(26(34)24(21)33)28-30-16(4)25(38-28)27(35)36-6-2/h5,7-12,14,22,32H,1,6,13H2,2-4H3/t22-/m0/s1. The van der Waals surface area contributed by atoms with Gasteiger partial charge in [-0.05, 0) is 50.6 Å². The van der Waals surface area contributed by atoms with Crippen molar-refractivity contribution in [2.45, 2.75) is 26.8 Å². The number of ether oxygens (including phenoxy) is 2. The first-order valence-electron chi connectivity index (χ1n) is 11.7. The number of aliphatic hydroxyl groups is 1. The molecule has 4 rings (SSSR count). The molecule has 8 nitrogen and oxygen atoms in total. The number of halogens is 1. The highest BCUT2D eigenvalue weighted by Crippen LogP contribution is 2.44. The Morgan fingerprint density at radius 2 is 1.97 bits per heavy atom. The highest BCUT2D eigenvalue weighted by molar-refractivity contribution is 7.17. The summed E-state index contributed by atoms with van der Waals surface area (Å²) >= 11 is 0.852. The predicted molar refractivity (Wildman–Crippen MR) is 141 cm³/mol. The number of ketones is 1. The number of aromatic nitrogens is 1. The van der Waals surface area contributed by atoms with Gasteiger partial charge in [-0.3, -0.25) is 14.5 Å². The van der Waals surface area contributed by atoms with Crippen molar-refractivity contribution in [3.05, 3.63) is 93.8 Å². The van der Waals surface area contributed by atoms with Crippen molar-refractivity contribution in [1.82, 2.24) is 4.98 Å². The molecule has 1 atom stereocenters. The number of aliphatic hydroxyl groups excluding tert-OH is 1. The Kier molecular flexibility index (Phi) is 7.72. The van der Waals surface area contributed by atoms with Crippen LogP contribution in [0.2, 0.25) is 0 Å². The third kappa shape index (κ3) is 4.82. The minimum Gasteiger partial charge on any atom is -0.507 e. The molecule has 0 saturated carbocycles. The van der Waals surface area contributed by atoms with Gasteiger partial charge in [0.05, 0.1) is 17.9 Å². The zero-order chi connectivity index (χ0) is 27.6. The second-order valence-corrected chi connectivity index (χ2v) is 9.38. The molecule has 3 aromatic rings. The Balaban J connectivity index is 1.89. The van der Waals surface area contributed by atoms with E-state index in [0.29, 0.717) is 17.0 Å². The number of anilines is 1. The Bertz CT molecular complexity index is 1480. The van der Waals surface area contributed by atoms with Gasteiger partial charge in [0.25, 0.3) is 5.78 Å². The molecule has 2 heterocycles. The van der Waals surface area contributed by atoms with Crippen LogP contribution in [-0.2, 0) is 14.3 Å². The Morgan fingerprint density at radius 1 is 1.24 bits per heavy atom. The molecule has 1 fully saturated rings. The first-order valence-corrected chi connectivity index (χ1v) is 12.6. The van der Waals surface area contributed by atoms with Gasteiger partial charge in [0.15, 0.2) is 5.13 Å². The maximum atomic E-state index is 15.1. The average molecular weight is 537 g/mol. The molecule has 0 aliphatic carbocycles. The van der Waals surface area contributed by atoms with Crippen LogP contribution in [0.15, 0.2) is 60.7 Å². The lowest BCUT2D eigenvalue weighted by molar-refractivity contribution is -0.132. The van der Waals surface area contributed by atoms with Crippen LogP contribution < -0.4 is 9.64 Å². The van der Waals surface area contributed by atoms with Gasteiger partial charge in [-0.2, -0.15) is 0 Å². The van der Waals surface area contributed by atoms with Crippen molar-refractivity contribution in [3.8, 4) is 5.75 Å². The molecule has 0 unspecified atom stereocenters. The summed E-state index contributed by atoms with van der Waals surface area (Å²) in [5.74, 6) is -3.24. The van der Waals surface area contributed by atoms with Gasteiger partial charge in [-0.15, -0.1) is 0 Å². The van der Waals surface area contributed by atoms with Crippen molar-refractivity contribution in [3.63, 3.8) is 0 Å². The number of hydrogen-bond acceptors (Lipinski definition) is 8. The van der Waals surface area contributed by atoms with E-state index < -0.39 is 35.3 Å². The van der Waals surface area contributed by atoms with Gasteiger partial charge in [0.2, 0.25) is 0 Å². The van der Waals surface area contributed by atoms with Crippen molar-refractivity contribution >= 4 is 39.9 Å². The summed E-state index contributed by atoms with van der Waals surface area (Å²) in [7, 11) is 0. The summed E-state index contributed by atoms with van der Waals surface area (Å²) < 4.78 is 25.7. The molecule has 2 aromatic carbocycles. The van der Waals surface area contributed by atoms with E-state index in [4.69, 9.17) is 9.47 Å². The molecule has 0 spiro atoms. The summed E-state index contributed by atoms with van der Waals surface area (Å²) in [6.45, 7) is 9.03. The first kappa shape index (κ1) is 26.7. The van der Waals surface area contributed by atoms with Gasteiger partial charge >= 0.3 is 11.9 Å². The van der Waals surface area contributed by atoms with E-state index >= 15 is 4.39 Å². The monoisotopic (exact) mass is 536 g/mol. The van der Waals surface area contributed by atoms with Crippen LogP contribution >= 0.6 is 11.3 Å². The quantitative estimate of drug-likeness (QED) is 0.138. The Labute approximate surface area is 222 Å². The SMILES string of the molecule is C=CCOc1ccc(C(O)=C2C(=O)C(=O)N(c3nc(C)c(C(=O)OCC)s3)[C@H]2c2ccccc2F)cc1C. The predicted octanol–water partition coefficient (Wildman–Crippen LogP) is 5.27. The van der Waals surface area contributed by atoms with Crippen molar-refractivity contribution in [2.75, 3.05) is 18.1 Å². The molecule has 1 aromatic heterocycles. The van der Waals surface area contributed by atoms with Crippen LogP contribution in [0.1, 0.15) is 45.0 Å². The summed E-state index contributed by atoms with van der Waals surface area (Å²) in [4.78, 5) is 44.5. The van der Waals surface area contributed by atoms with Crippen molar-refractivity contribution < 1.29 is 33.4 Å². The number of aryl methyl sites for hydroxylation is 2. The van der Waals surface area contributed by atoms with E-state index in [0.717, 1.165) is 16.2 Å². The molecule has 196 valence electrons. The number of esters is 1. The molecule has 1 saturated heterocycles. The normalized spacial score (nSPS) is 16.5. The molecular formula is C28H25FN2O6S. The van der Waals surface area contributed by atoms with Crippen LogP contribution in [-0.4, -0.2) is 41.0 Å². The molecule has 1 aliphatic heterocycles. The van der Waals surface area contributed by atoms with Gasteiger partial charge in [-0.25, -0.2) is 14.2 Å². The lowest BCUT2D eigenvalue weighted by atomic mass is 9.94. The lowest BCUT2D eigenvalue weighted by Gasteiger charge is -2.23. The largest absolute Gasteiger partial charge is 0.507 e. The molecule has 1 amide bonds. The lowest BCUT2D eigenvalue weighted by Crippen LogP contribution is -2.29. The number of benzene rings is 2. The number of nitrogens with zero attached hydrogens (tertiary/aromatic N) is 2. The third-order valence-electron chi connectivity index (χ3n) is 5.90. The molecular weight excluding hydrogens is 511 g/mol. The summed E-state index contributed by atoms with van der Waals surface area (Å²) in [6.07, 6.45) is 1.59. The summed E-state index contributed by atoms with van der Waals surface area (Å²) in [6, 6.07) is 9.10. The zero-order valence-corrected chi connectivity index (χ0v) is 21.8. The van der Waals surface area contributed by atoms with Gasteiger partial charge in [0.1, 0.15) is 34.9 Å². The average Bonchev–Trinajstić information content (AvgIpc) is 3.40. The molecule has 38 heavy (non-hydrogen) atoms. The summed E-state index contributed by atoms with van der Waals surface area (Å²) in [5.41, 5.74) is 0.895. The topological polar surface area (TPSA) is 106 Å². The van der Waals surface area contributed by atoms with Crippen LogP contribution in [0, 0.1) is 19.7 Å². The van der Waals surface area contributed by atoms with Crippen LogP contribution in [0.3, 0.4) is 0 Å². The number of carbonyl (C=O) groups is 3. The zero-order valence-electron chi connectivity index (χ0n) is 21.0. The van der Waals surface area contributed by atoms with Crippen molar-refractivity contribution in [1.29, 1.82) is 0 Å². The van der Waals surface area contributed by atoms with E-state index in [9.17, 15) is 19.5 Å². The number of carbonyl (C=O) groups excluding carboxylic acids is 3. The highest BCUT2D eigenvalue weighted by atomic mass is 32.1. The van der Waals surface area contributed by atoms with E-state index in [1.165, 1.54) is 18.2 Å². The maximum absolute atomic E-state index is 15.1. The van der Waals surface area contributed by atoms with Gasteiger partial charge in [0, 0.05) is 11.1 Å². The van der Waals surface area contributed by atoms with Gasteiger partial charge < -0.3 is 14.6 Å².